The molecule has 6 heteroatoms. The van der Waals surface area contributed by atoms with Gasteiger partial charge in [0.1, 0.15) is 5.54 Å². The molecule has 104 valence electrons. The van der Waals surface area contributed by atoms with Crippen molar-refractivity contribution in [2.75, 3.05) is 5.32 Å². The molecule has 1 unspecified atom stereocenters. The van der Waals surface area contributed by atoms with Crippen molar-refractivity contribution in [3.63, 3.8) is 0 Å². The number of benzene rings is 1. The number of aliphatic carboxylic acids is 1. The molecule has 0 aromatic heterocycles. The average molecular weight is 285 g/mol. The Bertz CT molecular complexity index is 505. The molecule has 5 nitrogen and oxygen atoms in total. The Morgan fingerprint density at radius 3 is 2.53 bits per heavy atom. The maximum absolute atomic E-state index is 11.8. The second-order valence-corrected chi connectivity index (χ2v) is 4.94. The quantitative estimate of drug-likeness (QED) is 0.795. The van der Waals surface area contributed by atoms with Gasteiger partial charge in [-0.2, -0.15) is 0 Å². The van der Waals surface area contributed by atoms with E-state index in [0.717, 1.165) is 5.56 Å². The van der Waals surface area contributed by atoms with Gasteiger partial charge in [0.25, 0.3) is 0 Å². The largest absolute Gasteiger partial charge is 0.480 e. The number of amides is 2. The third-order valence-electron chi connectivity index (χ3n) is 3.00. The van der Waals surface area contributed by atoms with Crippen LogP contribution in [0.15, 0.2) is 18.2 Å². The molecule has 0 spiro atoms. The van der Waals surface area contributed by atoms with Crippen LogP contribution in [-0.2, 0) is 4.79 Å². The summed E-state index contributed by atoms with van der Waals surface area (Å²) in [4.78, 5) is 22.8. The molecule has 1 aromatic carbocycles. The van der Waals surface area contributed by atoms with Gasteiger partial charge in [-0.1, -0.05) is 24.6 Å². The molecule has 0 radical (unpaired) electrons. The van der Waals surface area contributed by atoms with Crippen molar-refractivity contribution in [3.05, 3.63) is 28.8 Å². The van der Waals surface area contributed by atoms with Crippen LogP contribution in [0.25, 0.3) is 0 Å². The normalized spacial score (nSPS) is 13.5. The number of carbonyl (C=O) groups is 2. The van der Waals surface area contributed by atoms with E-state index in [9.17, 15) is 9.59 Å². The third-order valence-corrected chi connectivity index (χ3v) is 3.41. The molecule has 0 bridgehead atoms. The molecule has 3 N–H and O–H groups in total. The van der Waals surface area contributed by atoms with Crippen LogP contribution in [0.1, 0.15) is 25.8 Å². The lowest BCUT2D eigenvalue weighted by molar-refractivity contribution is -0.143. The SMILES string of the molecule is CCC(C)(NC(=O)Nc1ccc(C)c(Cl)c1)C(=O)O. The minimum Gasteiger partial charge on any atom is -0.480 e. The van der Waals surface area contributed by atoms with E-state index < -0.39 is 17.5 Å². The molecule has 0 aliphatic rings. The van der Waals surface area contributed by atoms with Crippen molar-refractivity contribution >= 4 is 29.3 Å². The summed E-state index contributed by atoms with van der Waals surface area (Å²) >= 11 is 5.94. The number of aryl methyl sites for hydroxylation is 1. The van der Waals surface area contributed by atoms with E-state index in [2.05, 4.69) is 10.6 Å². The number of hydrogen-bond acceptors (Lipinski definition) is 2. The smallest absolute Gasteiger partial charge is 0.329 e. The summed E-state index contributed by atoms with van der Waals surface area (Å²) in [5.74, 6) is -1.08. The molecular weight excluding hydrogens is 268 g/mol. The maximum Gasteiger partial charge on any atom is 0.329 e. The van der Waals surface area contributed by atoms with E-state index >= 15 is 0 Å². The fourth-order valence-corrected chi connectivity index (χ4v) is 1.56. The molecule has 0 fully saturated rings. The molecule has 1 rings (SSSR count). The molecule has 1 atom stereocenters. The predicted octanol–water partition coefficient (Wildman–Crippen LogP) is 3.02. The van der Waals surface area contributed by atoms with Crippen LogP contribution in [0.3, 0.4) is 0 Å². The van der Waals surface area contributed by atoms with E-state index in [0.29, 0.717) is 10.7 Å². The Labute approximate surface area is 117 Å². The second-order valence-electron chi connectivity index (χ2n) is 4.53. The summed E-state index contributed by atoms with van der Waals surface area (Å²) < 4.78 is 0. The van der Waals surface area contributed by atoms with Gasteiger partial charge in [0, 0.05) is 10.7 Å². The molecule has 19 heavy (non-hydrogen) atoms. The molecule has 0 saturated heterocycles. The third kappa shape index (κ3) is 3.86. The Morgan fingerprint density at radius 1 is 1.42 bits per heavy atom. The highest BCUT2D eigenvalue weighted by molar-refractivity contribution is 6.31. The second kappa shape index (κ2) is 5.93. The summed E-state index contributed by atoms with van der Waals surface area (Å²) in [5.41, 5.74) is 0.118. The zero-order chi connectivity index (χ0) is 14.6. The molecule has 0 heterocycles. The first kappa shape index (κ1) is 15.3. The molecule has 0 aliphatic heterocycles. The number of urea groups is 1. The summed E-state index contributed by atoms with van der Waals surface area (Å²) in [6, 6.07) is 4.51. The predicted molar refractivity (Wildman–Crippen MR) is 74.7 cm³/mol. The average Bonchev–Trinajstić information content (AvgIpc) is 2.33. The van der Waals surface area contributed by atoms with Gasteiger partial charge < -0.3 is 15.7 Å². The number of anilines is 1. The number of halogens is 1. The highest BCUT2D eigenvalue weighted by atomic mass is 35.5. The highest BCUT2D eigenvalue weighted by Crippen LogP contribution is 2.20. The summed E-state index contributed by atoms with van der Waals surface area (Å²) in [6.45, 7) is 5.00. The van der Waals surface area contributed by atoms with Crippen LogP contribution in [0.4, 0.5) is 10.5 Å². The molecular formula is C13H17ClN2O3. The van der Waals surface area contributed by atoms with Gasteiger partial charge in [-0.15, -0.1) is 0 Å². The van der Waals surface area contributed by atoms with Crippen LogP contribution >= 0.6 is 11.6 Å². The van der Waals surface area contributed by atoms with E-state index in [1.165, 1.54) is 6.92 Å². The monoisotopic (exact) mass is 284 g/mol. The number of rotatable bonds is 4. The number of nitrogens with one attached hydrogen (secondary N) is 2. The number of carbonyl (C=O) groups excluding carboxylic acids is 1. The zero-order valence-electron chi connectivity index (χ0n) is 11.1. The van der Waals surface area contributed by atoms with Gasteiger partial charge >= 0.3 is 12.0 Å². The van der Waals surface area contributed by atoms with Gasteiger partial charge in [0.15, 0.2) is 0 Å². The minimum absolute atomic E-state index is 0.282. The van der Waals surface area contributed by atoms with E-state index in [1.54, 1.807) is 25.1 Å². The maximum atomic E-state index is 11.8. The Hall–Kier alpha value is -1.75. The summed E-state index contributed by atoms with van der Waals surface area (Å²) in [7, 11) is 0. The first-order valence-corrected chi connectivity index (χ1v) is 6.25. The Kier molecular flexibility index (Phi) is 4.78. The van der Waals surface area contributed by atoms with Crippen LogP contribution < -0.4 is 10.6 Å². The molecule has 2 amide bonds. The minimum atomic E-state index is -1.29. The highest BCUT2D eigenvalue weighted by Gasteiger charge is 2.32. The molecule has 0 saturated carbocycles. The van der Waals surface area contributed by atoms with E-state index in [1.807, 2.05) is 6.92 Å². The molecule has 0 aliphatic carbocycles. The number of carboxylic acids is 1. The van der Waals surface area contributed by atoms with Crippen molar-refractivity contribution in [1.29, 1.82) is 0 Å². The first-order valence-electron chi connectivity index (χ1n) is 5.87. The van der Waals surface area contributed by atoms with Crippen LogP contribution in [0.2, 0.25) is 5.02 Å². The number of hydrogen-bond donors (Lipinski definition) is 3. The summed E-state index contributed by atoms with van der Waals surface area (Å²) in [6.07, 6.45) is 0.282. The Balaban J connectivity index is 2.75. The topological polar surface area (TPSA) is 78.4 Å². The first-order chi connectivity index (χ1) is 8.78. The van der Waals surface area contributed by atoms with Crippen molar-refractivity contribution in [2.24, 2.45) is 0 Å². The van der Waals surface area contributed by atoms with Crippen molar-refractivity contribution in [3.8, 4) is 0 Å². The van der Waals surface area contributed by atoms with Crippen LogP contribution in [0.5, 0.6) is 0 Å². The fraction of sp³-hybridized carbons (Fsp3) is 0.385. The van der Waals surface area contributed by atoms with Crippen molar-refractivity contribution in [2.45, 2.75) is 32.7 Å². The van der Waals surface area contributed by atoms with Crippen molar-refractivity contribution < 1.29 is 14.7 Å². The lowest BCUT2D eigenvalue weighted by atomic mass is 10.00. The van der Waals surface area contributed by atoms with Gasteiger partial charge in [0.05, 0.1) is 0 Å². The van der Waals surface area contributed by atoms with Crippen LogP contribution in [-0.4, -0.2) is 22.6 Å². The van der Waals surface area contributed by atoms with Crippen molar-refractivity contribution in [1.82, 2.24) is 5.32 Å². The van der Waals surface area contributed by atoms with Crippen LogP contribution in [0, 0.1) is 6.92 Å². The van der Waals surface area contributed by atoms with Gasteiger partial charge in [-0.25, -0.2) is 9.59 Å². The lowest BCUT2D eigenvalue weighted by Gasteiger charge is -2.24. The number of carboxylic acid groups (broad SMARTS) is 1. The molecule has 1 aromatic rings. The summed E-state index contributed by atoms with van der Waals surface area (Å²) in [5, 5.41) is 14.6. The van der Waals surface area contributed by atoms with Gasteiger partial charge in [-0.05, 0) is 38.0 Å². The lowest BCUT2D eigenvalue weighted by Crippen LogP contribution is -2.53. The van der Waals surface area contributed by atoms with E-state index in [4.69, 9.17) is 16.7 Å². The van der Waals surface area contributed by atoms with Gasteiger partial charge in [-0.3, -0.25) is 0 Å². The fourth-order valence-electron chi connectivity index (χ4n) is 1.38. The zero-order valence-corrected chi connectivity index (χ0v) is 11.8. The van der Waals surface area contributed by atoms with E-state index in [-0.39, 0.29) is 6.42 Å². The van der Waals surface area contributed by atoms with Gasteiger partial charge in [0.2, 0.25) is 0 Å². The Morgan fingerprint density at radius 2 is 2.05 bits per heavy atom. The standard InChI is InChI=1S/C13H17ClN2O3/c1-4-13(3,11(17)18)16-12(19)15-9-6-5-8(2)10(14)7-9/h5-7H,4H2,1-3H3,(H,17,18)(H2,15,16,19).